The fraction of sp³-hybridized carbons (Fsp3) is 0.600. The molecule has 3 amide bonds. The number of aliphatic hydroxyl groups is 1. The first kappa shape index (κ1) is 31.0. The first-order chi connectivity index (χ1) is 20.5. The summed E-state index contributed by atoms with van der Waals surface area (Å²) in [5, 5.41) is 20.8. The number of carbonyl (C=O) groups excluding carboxylic acids is 4. The molecule has 13 heteroatoms. The van der Waals surface area contributed by atoms with Crippen molar-refractivity contribution in [3.05, 3.63) is 44.3 Å². The highest BCUT2D eigenvalue weighted by molar-refractivity contribution is 7.13. The SMILES string of the molecule is CNC(O)C(=O)CC[C@H](NC(=O)c1nc(C)c(C)s1)C(=O)Nc1cccn(CC(=O)NC2C3CC4CC(C3)CC2C4)c1=O. The maximum absolute atomic E-state index is 13.3. The highest BCUT2D eigenvalue weighted by atomic mass is 32.1. The minimum Gasteiger partial charge on any atom is -0.371 e. The lowest BCUT2D eigenvalue weighted by molar-refractivity contribution is -0.129. The van der Waals surface area contributed by atoms with Crippen LogP contribution in [-0.4, -0.2) is 63.5 Å². The molecular weight excluding hydrogens is 572 g/mol. The van der Waals surface area contributed by atoms with Gasteiger partial charge in [0, 0.05) is 23.5 Å². The summed E-state index contributed by atoms with van der Waals surface area (Å²) in [6.45, 7) is 3.43. The van der Waals surface area contributed by atoms with Crippen molar-refractivity contribution in [3.8, 4) is 0 Å². The van der Waals surface area contributed by atoms with E-state index in [9.17, 15) is 29.1 Å². The predicted octanol–water partition coefficient (Wildman–Crippen LogP) is 1.49. The summed E-state index contributed by atoms with van der Waals surface area (Å²) in [6, 6.07) is 1.94. The van der Waals surface area contributed by atoms with Crippen molar-refractivity contribution in [2.45, 2.75) is 83.6 Å². The van der Waals surface area contributed by atoms with E-state index in [4.69, 9.17) is 0 Å². The number of aliphatic hydroxyl groups excluding tert-OH is 1. The number of Topliss-reactive ketones (excluding diaryl/α,β-unsaturated/α-hetero) is 1. The Bertz CT molecular complexity index is 1410. The maximum atomic E-state index is 13.3. The molecule has 4 aliphatic carbocycles. The second-order valence-electron chi connectivity index (χ2n) is 12.3. The number of aryl methyl sites for hydroxylation is 2. The molecule has 0 aromatic carbocycles. The van der Waals surface area contributed by atoms with Crippen molar-refractivity contribution in [2.24, 2.45) is 23.7 Å². The van der Waals surface area contributed by atoms with Gasteiger partial charge in [-0.25, -0.2) is 4.98 Å². The summed E-state index contributed by atoms with van der Waals surface area (Å²) < 4.78 is 1.25. The lowest BCUT2D eigenvalue weighted by atomic mass is 9.54. The number of likely N-dealkylation sites (N-methyl/N-ethyl adjacent to an activating group) is 1. The van der Waals surface area contributed by atoms with Crippen LogP contribution >= 0.6 is 11.3 Å². The van der Waals surface area contributed by atoms with E-state index >= 15 is 0 Å². The van der Waals surface area contributed by atoms with Crippen molar-refractivity contribution in [1.82, 2.24) is 25.5 Å². The topological polar surface area (TPSA) is 172 Å². The molecule has 0 radical (unpaired) electrons. The number of carbonyl (C=O) groups is 4. The van der Waals surface area contributed by atoms with Crippen molar-refractivity contribution in [3.63, 3.8) is 0 Å². The highest BCUT2D eigenvalue weighted by Crippen LogP contribution is 2.53. The van der Waals surface area contributed by atoms with Crippen molar-refractivity contribution in [2.75, 3.05) is 12.4 Å². The number of anilines is 1. The quantitative estimate of drug-likeness (QED) is 0.224. The Morgan fingerprint density at radius 2 is 1.77 bits per heavy atom. The Kier molecular flexibility index (Phi) is 9.42. The monoisotopic (exact) mass is 612 g/mol. The van der Waals surface area contributed by atoms with Crippen LogP contribution in [0.15, 0.2) is 23.1 Å². The smallest absolute Gasteiger partial charge is 0.280 e. The Balaban J connectivity index is 1.25. The van der Waals surface area contributed by atoms with E-state index in [1.807, 2.05) is 6.92 Å². The van der Waals surface area contributed by atoms with Gasteiger partial charge in [0.1, 0.15) is 18.3 Å². The lowest BCUT2D eigenvalue weighted by Crippen LogP contribution is -2.56. The molecule has 6 rings (SSSR count). The van der Waals surface area contributed by atoms with Gasteiger partial charge in [-0.1, -0.05) is 0 Å². The third kappa shape index (κ3) is 7.05. The molecule has 5 N–H and O–H groups in total. The average molecular weight is 613 g/mol. The van der Waals surface area contributed by atoms with Gasteiger partial charge in [0.2, 0.25) is 11.8 Å². The molecular formula is C30H40N6O6S. The van der Waals surface area contributed by atoms with E-state index in [-0.39, 0.29) is 42.0 Å². The Labute approximate surface area is 254 Å². The molecule has 4 saturated carbocycles. The molecule has 4 bridgehead atoms. The normalized spacial score (nSPS) is 25.2. The third-order valence-electron chi connectivity index (χ3n) is 9.25. The Morgan fingerprint density at radius 3 is 2.37 bits per heavy atom. The molecule has 4 aliphatic rings. The zero-order valence-electron chi connectivity index (χ0n) is 24.7. The van der Waals surface area contributed by atoms with Crippen molar-refractivity contribution >= 4 is 40.5 Å². The molecule has 0 saturated heterocycles. The second-order valence-corrected chi connectivity index (χ2v) is 13.5. The van der Waals surface area contributed by atoms with Gasteiger partial charge in [0.15, 0.2) is 17.0 Å². The summed E-state index contributed by atoms with van der Waals surface area (Å²) in [5.74, 6) is 0.502. The maximum Gasteiger partial charge on any atom is 0.280 e. The van der Waals surface area contributed by atoms with E-state index in [1.165, 1.54) is 67.3 Å². The molecule has 2 atom stereocenters. The van der Waals surface area contributed by atoms with Crippen molar-refractivity contribution < 1.29 is 24.3 Å². The predicted molar refractivity (Wildman–Crippen MR) is 160 cm³/mol. The molecule has 2 heterocycles. The summed E-state index contributed by atoms with van der Waals surface area (Å²) in [6.07, 6.45) is 5.75. The molecule has 4 fully saturated rings. The van der Waals surface area contributed by atoms with E-state index < -0.39 is 35.4 Å². The minimum atomic E-state index is -1.41. The van der Waals surface area contributed by atoms with Crippen LogP contribution < -0.4 is 26.8 Å². The first-order valence-electron chi connectivity index (χ1n) is 14.9. The Hall–Kier alpha value is -3.42. The van der Waals surface area contributed by atoms with E-state index in [0.29, 0.717) is 17.5 Å². The highest BCUT2D eigenvalue weighted by Gasteiger charge is 2.48. The number of rotatable bonds is 12. The number of nitrogens with zero attached hydrogens (tertiary/aromatic N) is 2. The van der Waals surface area contributed by atoms with Gasteiger partial charge in [-0.15, -0.1) is 11.3 Å². The molecule has 0 spiro atoms. The van der Waals surface area contributed by atoms with Crippen LogP contribution in [0.1, 0.15) is 65.3 Å². The van der Waals surface area contributed by atoms with Gasteiger partial charge in [-0.3, -0.25) is 29.3 Å². The van der Waals surface area contributed by atoms with Crippen LogP contribution in [0.3, 0.4) is 0 Å². The standard InChI is InChI=1S/C30H40N6O6S/c1-15-16(2)43-29(32-15)28(41)33-21(6-7-23(37)27(40)31-3)26(39)34-22-5-4-8-36(30(22)42)14-24(38)35-25-19-10-17-9-18(12-19)13-20(25)11-17/h4-5,8,17-21,25,27,31,40H,6-7,9-14H2,1-3H3,(H,33,41)(H,34,39)(H,35,38)/t17?,18?,19?,20?,21-,25?,27?/m0/s1. The largest absolute Gasteiger partial charge is 0.371 e. The van der Waals surface area contributed by atoms with Gasteiger partial charge in [0.25, 0.3) is 11.5 Å². The number of aromatic nitrogens is 2. The fourth-order valence-electron chi connectivity index (χ4n) is 7.17. The van der Waals surface area contributed by atoms with Gasteiger partial charge in [-0.2, -0.15) is 0 Å². The van der Waals surface area contributed by atoms with Crippen LogP contribution in [0, 0.1) is 37.5 Å². The minimum absolute atomic E-state index is 0.0586. The van der Waals surface area contributed by atoms with Gasteiger partial charge in [-0.05, 0) is 95.2 Å². The molecule has 43 heavy (non-hydrogen) atoms. The van der Waals surface area contributed by atoms with E-state index in [1.54, 1.807) is 13.0 Å². The van der Waals surface area contributed by atoms with Gasteiger partial charge >= 0.3 is 0 Å². The van der Waals surface area contributed by atoms with Gasteiger partial charge < -0.3 is 25.6 Å². The zero-order chi connectivity index (χ0) is 30.8. The van der Waals surface area contributed by atoms with Crippen LogP contribution in [0.25, 0.3) is 0 Å². The number of ketones is 1. The molecule has 232 valence electrons. The molecule has 2 aromatic rings. The summed E-state index contributed by atoms with van der Waals surface area (Å²) in [5.41, 5.74) is 0.0753. The van der Waals surface area contributed by atoms with E-state index in [2.05, 4.69) is 26.3 Å². The zero-order valence-corrected chi connectivity index (χ0v) is 25.5. The van der Waals surface area contributed by atoms with Crippen molar-refractivity contribution in [1.29, 1.82) is 0 Å². The summed E-state index contributed by atoms with van der Waals surface area (Å²) >= 11 is 1.18. The Morgan fingerprint density at radius 1 is 1.09 bits per heavy atom. The van der Waals surface area contributed by atoms with Crippen LogP contribution in [0.2, 0.25) is 0 Å². The third-order valence-corrected chi connectivity index (χ3v) is 10.3. The average Bonchev–Trinajstić information content (AvgIpc) is 3.31. The van der Waals surface area contributed by atoms with Crippen LogP contribution in [0.5, 0.6) is 0 Å². The summed E-state index contributed by atoms with van der Waals surface area (Å²) in [7, 11) is 1.42. The molecule has 12 nitrogen and oxygen atoms in total. The van der Waals surface area contributed by atoms with Crippen LogP contribution in [0.4, 0.5) is 5.69 Å². The molecule has 2 aromatic heterocycles. The number of hydrogen-bond donors (Lipinski definition) is 5. The number of nitrogens with one attached hydrogen (secondary N) is 4. The lowest BCUT2D eigenvalue weighted by Gasteiger charge is -2.54. The van der Waals surface area contributed by atoms with Crippen LogP contribution in [-0.2, 0) is 20.9 Å². The van der Waals surface area contributed by atoms with E-state index in [0.717, 1.165) is 16.7 Å². The molecule has 1 unspecified atom stereocenters. The second kappa shape index (κ2) is 13.1. The summed E-state index contributed by atoms with van der Waals surface area (Å²) in [4.78, 5) is 69.9. The van der Waals surface area contributed by atoms with Gasteiger partial charge in [0.05, 0.1) is 5.69 Å². The number of thiazole rings is 1. The number of hydrogen-bond acceptors (Lipinski definition) is 9. The molecule has 0 aliphatic heterocycles. The first-order valence-corrected chi connectivity index (χ1v) is 15.8. The number of pyridine rings is 1. The fourth-order valence-corrected chi connectivity index (χ4v) is 7.98. The number of amides is 3.